The molecule has 164 valence electrons. The average molecular weight is 451 g/mol. The van der Waals surface area contributed by atoms with E-state index in [1.807, 2.05) is 49.4 Å². The molecule has 4 rings (SSSR count). The minimum absolute atomic E-state index is 0.385. The Morgan fingerprint density at radius 3 is 2.62 bits per heavy atom. The number of hydrogen-bond donors (Lipinski definition) is 1. The molecular formula is C25H23ClN2O4. The number of pyridine rings is 1. The summed E-state index contributed by atoms with van der Waals surface area (Å²) in [6.45, 7) is 4.31. The number of fused-ring (bicyclic) bond motifs is 1. The molecule has 0 fully saturated rings. The van der Waals surface area contributed by atoms with E-state index in [4.69, 9.17) is 21.1 Å². The van der Waals surface area contributed by atoms with Gasteiger partial charge in [0.1, 0.15) is 17.1 Å². The van der Waals surface area contributed by atoms with Crippen LogP contribution in [0.5, 0.6) is 17.2 Å². The minimum Gasteiger partial charge on any atom is -0.479 e. The lowest BCUT2D eigenvalue weighted by Gasteiger charge is -2.14. The first-order valence-corrected chi connectivity index (χ1v) is 10.7. The van der Waals surface area contributed by atoms with Crippen molar-refractivity contribution in [3.8, 4) is 17.2 Å². The van der Waals surface area contributed by atoms with Crippen LogP contribution >= 0.6 is 11.6 Å². The van der Waals surface area contributed by atoms with Crippen LogP contribution < -0.4 is 9.47 Å². The summed E-state index contributed by atoms with van der Waals surface area (Å²) in [5.74, 6) is 0.977. The van der Waals surface area contributed by atoms with Crippen molar-refractivity contribution in [2.45, 2.75) is 32.9 Å². The van der Waals surface area contributed by atoms with Crippen molar-refractivity contribution in [2.24, 2.45) is 0 Å². The fourth-order valence-corrected chi connectivity index (χ4v) is 3.71. The van der Waals surface area contributed by atoms with E-state index < -0.39 is 12.1 Å². The van der Waals surface area contributed by atoms with Crippen LogP contribution in [-0.4, -0.2) is 26.7 Å². The van der Waals surface area contributed by atoms with E-state index in [-0.39, 0.29) is 0 Å². The Kier molecular flexibility index (Phi) is 6.32. The van der Waals surface area contributed by atoms with Crippen molar-refractivity contribution >= 4 is 28.6 Å². The van der Waals surface area contributed by atoms with E-state index >= 15 is 0 Å². The topological polar surface area (TPSA) is 73.6 Å². The number of hydrogen-bond acceptors (Lipinski definition) is 4. The van der Waals surface area contributed by atoms with Crippen LogP contribution in [0.2, 0.25) is 5.02 Å². The third-order valence-corrected chi connectivity index (χ3v) is 5.47. The Morgan fingerprint density at radius 1 is 1.12 bits per heavy atom. The number of carboxylic acid groups (broad SMARTS) is 1. The molecule has 0 unspecified atom stereocenters. The van der Waals surface area contributed by atoms with Crippen molar-refractivity contribution in [2.75, 3.05) is 0 Å². The maximum atomic E-state index is 11.3. The van der Waals surface area contributed by atoms with Crippen LogP contribution in [-0.2, 0) is 11.3 Å². The predicted octanol–water partition coefficient (Wildman–Crippen LogP) is 6.08. The number of aromatic nitrogens is 2. The van der Waals surface area contributed by atoms with Crippen molar-refractivity contribution in [3.63, 3.8) is 0 Å². The number of ether oxygens (including phenoxy) is 2. The van der Waals surface area contributed by atoms with Gasteiger partial charge in [-0.3, -0.25) is 0 Å². The highest BCUT2D eigenvalue weighted by atomic mass is 35.5. The summed E-state index contributed by atoms with van der Waals surface area (Å²) in [5.41, 5.74) is 2.70. The Labute approximate surface area is 191 Å². The van der Waals surface area contributed by atoms with Gasteiger partial charge in [0.2, 0.25) is 0 Å². The number of rotatable bonds is 8. The molecule has 0 aliphatic rings. The molecule has 1 N–H and O–H groups in total. The van der Waals surface area contributed by atoms with Gasteiger partial charge in [-0.05, 0) is 67.4 Å². The molecule has 0 spiro atoms. The van der Waals surface area contributed by atoms with Gasteiger partial charge in [-0.15, -0.1) is 0 Å². The number of aliphatic carboxylic acids is 1. The molecule has 32 heavy (non-hydrogen) atoms. The molecule has 0 radical (unpaired) electrons. The van der Waals surface area contributed by atoms with Crippen molar-refractivity contribution in [1.82, 2.24) is 9.55 Å². The Morgan fingerprint density at radius 2 is 1.91 bits per heavy atom. The molecule has 2 heterocycles. The minimum atomic E-state index is -0.974. The number of nitrogens with zero attached hydrogens (tertiary/aromatic N) is 2. The molecule has 2 aromatic heterocycles. The zero-order chi connectivity index (χ0) is 22.7. The van der Waals surface area contributed by atoms with Gasteiger partial charge in [0, 0.05) is 17.8 Å². The molecule has 0 aliphatic heterocycles. The van der Waals surface area contributed by atoms with E-state index in [1.165, 1.54) is 0 Å². The van der Waals surface area contributed by atoms with Gasteiger partial charge in [-0.1, -0.05) is 30.7 Å². The second-order valence-electron chi connectivity index (χ2n) is 7.43. The Bertz CT molecular complexity index is 1250. The fourth-order valence-electron chi connectivity index (χ4n) is 3.58. The lowest BCUT2D eigenvalue weighted by molar-refractivity contribution is -0.145. The summed E-state index contributed by atoms with van der Waals surface area (Å²) in [6, 6.07) is 18.6. The van der Waals surface area contributed by atoms with E-state index in [9.17, 15) is 9.90 Å². The van der Waals surface area contributed by atoms with Gasteiger partial charge in [0.05, 0.1) is 11.1 Å². The van der Waals surface area contributed by atoms with Crippen molar-refractivity contribution in [1.29, 1.82) is 0 Å². The van der Waals surface area contributed by atoms with Crippen LogP contribution in [0, 0.1) is 6.92 Å². The summed E-state index contributed by atoms with van der Waals surface area (Å²) in [6.07, 6.45) is 1.26. The van der Waals surface area contributed by atoms with Crippen LogP contribution in [0.1, 0.15) is 24.6 Å². The molecule has 2 aromatic carbocycles. The SMILES string of the molecule is CC[C@@H](Oc1cccc(Cn2c(C)c(Oc3ccc(Cl)cc3)c3cccnc32)c1)C(=O)O. The van der Waals surface area contributed by atoms with Gasteiger partial charge in [0.15, 0.2) is 11.9 Å². The molecule has 1 atom stereocenters. The second kappa shape index (κ2) is 9.32. The van der Waals surface area contributed by atoms with E-state index in [2.05, 4.69) is 9.55 Å². The number of carbonyl (C=O) groups is 1. The predicted molar refractivity (Wildman–Crippen MR) is 124 cm³/mol. The van der Waals surface area contributed by atoms with Crippen LogP contribution in [0.25, 0.3) is 11.0 Å². The summed E-state index contributed by atoms with van der Waals surface area (Å²) in [4.78, 5) is 15.9. The quantitative estimate of drug-likeness (QED) is 0.352. The van der Waals surface area contributed by atoms with Crippen LogP contribution in [0.4, 0.5) is 0 Å². The van der Waals surface area contributed by atoms with E-state index in [0.717, 1.165) is 28.0 Å². The van der Waals surface area contributed by atoms with Crippen LogP contribution in [0.15, 0.2) is 66.9 Å². The molecule has 0 aliphatic carbocycles. The highest BCUT2D eigenvalue weighted by Gasteiger charge is 2.19. The first-order chi connectivity index (χ1) is 15.5. The maximum absolute atomic E-state index is 11.3. The number of halogens is 1. The number of benzene rings is 2. The Balaban J connectivity index is 1.67. The molecule has 0 bridgehead atoms. The van der Waals surface area contributed by atoms with Crippen molar-refractivity contribution in [3.05, 3.63) is 83.1 Å². The summed E-state index contributed by atoms with van der Waals surface area (Å²) in [5, 5.41) is 10.8. The highest BCUT2D eigenvalue weighted by molar-refractivity contribution is 6.30. The second-order valence-corrected chi connectivity index (χ2v) is 7.87. The van der Waals surface area contributed by atoms with Gasteiger partial charge >= 0.3 is 5.97 Å². The van der Waals surface area contributed by atoms with Crippen LogP contribution in [0.3, 0.4) is 0 Å². The third kappa shape index (κ3) is 4.55. The summed E-state index contributed by atoms with van der Waals surface area (Å²) < 4.78 is 13.9. The highest BCUT2D eigenvalue weighted by Crippen LogP contribution is 2.36. The maximum Gasteiger partial charge on any atom is 0.344 e. The monoisotopic (exact) mass is 450 g/mol. The summed E-state index contributed by atoms with van der Waals surface area (Å²) in [7, 11) is 0. The molecule has 0 saturated carbocycles. The van der Waals surface area contributed by atoms with E-state index in [0.29, 0.717) is 29.5 Å². The summed E-state index contributed by atoms with van der Waals surface area (Å²) >= 11 is 5.99. The van der Waals surface area contributed by atoms with Gasteiger partial charge < -0.3 is 19.1 Å². The van der Waals surface area contributed by atoms with Gasteiger partial charge in [-0.25, -0.2) is 9.78 Å². The Hall–Kier alpha value is -3.51. The molecule has 0 amide bonds. The largest absolute Gasteiger partial charge is 0.479 e. The molecule has 6 nitrogen and oxygen atoms in total. The molecular weight excluding hydrogens is 428 g/mol. The smallest absolute Gasteiger partial charge is 0.344 e. The first kappa shape index (κ1) is 21.7. The standard InChI is InChI=1S/C25H23ClN2O4/c1-3-22(25(29)30)31-20-7-4-6-17(14-20)15-28-16(2)23(21-8-5-13-27-24(21)28)32-19-11-9-18(26)10-12-19/h4-14,22H,3,15H2,1-2H3,(H,29,30)/t22-/m1/s1. The third-order valence-electron chi connectivity index (χ3n) is 5.22. The lowest BCUT2D eigenvalue weighted by Crippen LogP contribution is -2.25. The molecule has 4 aromatic rings. The molecule has 7 heteroatoms. The average Bonchev–Trinajstić information content (AvgIpc) is 3.05. The molecule has 0 saturated heterocycles. The first-order valence-electron chi connectivity index (χ1n) is 10.3. The van der Waals surface area contributed by atoms with Gasteiger partial charge in [-0.2, -0.15) is 0 Å². The zero-order valence-electron chi connectivity index (χ0n) is 17.8. The normalized spacial score (nSPS) is 12.0. The zero-order valence-corrected chi connectivity index (χ0v) is 18.5. The van der Waals surface area contributed by atoms with E-state index in [1.54, 1.807) is 31.3 Å². The van der Waals surface area contributed by atoms with Crippen molar-refractivity contribution < 1.29 is 19.4 Å². The van der Waals surface area contributed by atoms with Gasteiger partial charge in [0.25, 0.3) is 0 Å². The lowest BCUT2D eigenvalue weighted by atomic mass is 10.2. The number of carboxylic acids is 1. The fraction of sp³-hybridized carbons (Fsp3) is 0.200.